The second-order valence-corrected chi connectivity index (χ2v) is 3.89. The first kappa shape index (κ1) is 11.6. The van der Waals surface area contributed by atoms with Crippen molar-refractivity contribution in [3.63, 3.8) is 0 Å². The summed E-state index contributed by atoms with van der Waals surface area (Å²) in [5.41, 5.74) is 2.31. The van der Waals surface area contributed by atoms with Gasteiger partial charge in [0, 0.05) is 18.7 Å². The molecule has 0 aliphatic heterocycles. The second-order valence-electron chi connectivity index (χ2n) is 3.89. The summed E-state index contributed by atoms with van der Waals surface area (Å²) in [5, 5.41) is 11.4. The van der Waals surface area contributed by atoms with E-state index in [2.05, 4.69) is 15.3 Å². The molecular formula is C12H15N3O2. The van der Waals surface area contributed by atoms with Crippen LogP contribution in [0.15, 0.2) is 18.2 Å². The summed E-state index contributed by atoms with van der Waals surface area (Å²) < 4.78 is 0. The molecule has 0 aliphatic rings. The zero-order chi connectivity index (χ0) is 12.3. The minimum atomic E-state index is -0.132. The second kappa shape index (κ2) is 4.97. The molecule has 3 N–H and O–H groups in total. The van der Waals surface area contributed by atoms with Crippen molar-refractivity contribution in [1.29, 1.82) is 0 Å². The molecule has 0 bridgehead atoms. The average molecular weight is 233 g/mol. The van der Waals surface area contributed by atoms with E-state index >= 15 is 0 Å². The number of rotatable bonds is 4. The third-order valence-electron chi connectivity index (χ3n) is 2.48. The van der Waals surface area contributed by atoms with Crippen LogP contribution in [0.25, 0.3) is 11.0 Å². The van der Waals surface area contributed by atoms with Gasteiger partial charge in [0.15, 0.2) is 0 Å². The highest BCUT2D eigenvalue weighted by atomic mass is 16.3. The van der Waals surface area contributed by atoms with E-state index in [9.17, 15) is 4.79 Å². The Balaban J connectivity index is 2.15. The zero-order valence-corrected chi connectivity index (χ0v) is 9.66. The highest BCUT2D eigenvalue weighted by Gasteiger charge is 2.07. The van der Waals surface area contributed by atoms with Gasteiger partial charge in [-0.15, -0.1) is 0 Å². The normalized spacial score (nSPS) is 10.7. The zero-order valence-electron chi connectivity index (χ0n) is 9.66. The van der Waals surface area contributed by atoms with Gasteiger partial charge in [0.2, 0.25) is 0 Å². The van der Waals surface area contributed by atoms with Gasteiger partial charge in [-0.2, -0.15) is 0 Å². The molecule has 0 radical (unpaired) electrons. The maximum absolute atomic E-state index is 11.7. The maximum Gasteiger partial charge on any atom is 0.251 e. The number of carbonyl (C=O) groups excluding carboxylic acids is 1. The van der Waals surface area contributed by atoms with E-state index in [1.165, 1.54) is 0 Å². The number of aryl methyl sites for hydroxylation is 1. The summed E-state index contributed by atoms with van der Waals surface area (Å²) in [7, 11) is 0. The molecule has 2 rings (SSSR count). The van der Waals surface area contributed by atoms with Crippen molar-refractivity contribution in [3.05, 3.63) is 29.6 Å². The van der Waals surface area contributed by atoms with E-state index < -0.39 is 0 Å². The molecule has 1 heterocycles. The van der Waals surface area contributed by atoms with Crippen molar-refractivity contribution in [1.82, 2.24) is 15.3 Å². The molecule has 2 aromatic rings. The molecule has 0 aliphatic carbocycles. The summed E-state index contributed by atoms with van der Waals surface area (Å²) in [6, 6.07) is 5.35. The molecule has 1 aromatic carbocycles. The summed E-state index contributed by atoms with van der Waals surface area (Å²) in [5.74, 6) is 0.699. The Morgan fingerprint density at radius 1 is 1.53 bits per heavy atom. The van der Waals surface area contributed by atoms with Gasteiger partial charge in [0.1, 0.15) is 5.82 Å². The molecule has 1 aromatic heterocycles. The number of benzene rings is 1. The lowest BCUT2D eigenvalue weighted by Gasteiger charge is -2.03. The van der Waals surface area contributed by atoms with Crippen LogP contribution >= 0.6 is 0 Å². The Labute approximate surface area is 98.9 Å². The minimum absolute atomic E-state index is 0.0824. The topological polar surface area (TPSA) is 78.0 Å². The molecule has 1 amide bonds. The van der Waals surface area contributed by atoms with Crippen molar-refractivity contribution >= 4 is 16.9 Å². The van der Waals surface area contributed by atoms with Crippen LogP contribution in [-0.4, -0.2) is 34.1 Å². The third kappa shape index (κ3) is 2.62. The Morgan fingerprint density at radius 3 is 3.12 bits per heavy atom. The largest absolute Gasteiger partial charge is 0.396 e. The van der Waals surface area contributed by atoms with Crippen LogP contribution in [0.5, 0.6) is 0 Å². The highest BCUT2D eigenvalue weighted by molar-refractivity contribution is 5.97. The summed E-state index contributed by atoms with van der Waals surface area (Å²) >= 11 is 0. The van der Waals surface area contributed by atoms with Crippen LogP contribution in [0.2, 0.25) is 0 Å². The average Bonchev–Trinajstić information content (AvgIpc) is 2.68. The molecule has 90 valence electrons. The van der Waals surface area contributed by atoms with E-state index in [0.717, 1.165) is 16.9 Å². The monoisotopic (exact) mass is 233 g/mol. The number of hydrogen-bond donors (Lipinski definition) is 3. The summed E-state index contributed by atoms with van der Waals surface area (Å²) in [6.45, 7) is 2.44. The number of H-pyrrole nitrogens is 1. The molecule has 0 saturated carbocycles. The summed E-state index contributed by atoms with van der Waals surface area (Å²) in [6.07, 6.45) is 0.567. The number of fused-ring (bicyclic) bond motifs is 1. The van der Waals surface area contributed by atoms with Gasteiger partial charge in [0.25, 0.3) is 5.91 Å². The van der Waals surface area contributed by atoms with Gasteiger partial charge in [-0.05, 0) is 31.5 Å². The molecular weight excluding hydrogens is 218 g/mol. The van der Waals surface area contributed by atoms with Gasteiger partial charge in [-0.1, -0.05) is 0 Å². The molecule has 17 heavy (non-hydrogen) atoms. The Bertz CT molecular complexity index is 534. The van der Waals surface area contributed by atoms with E-state index in [-0.39, 0.29) is 12.5 Å². The maximum atomic E-state index is 11.7. The van der Waals surface area contributed by atoms with Gasteiger partial charge in [-0.25, -0.2) is 4.98 Å². The van der Waals surface area contributed by atoms with Crippen LogP contribution in [0.4, 0.5) is 0 Å². The number of carbonyl (C=O) groups is 1. The highest BCUT2D eigenvalue weighted by Crippen LogP contribution is 2.13. The van der Waals surface area contributed by atoms with Gasteiger partial charge in [0.05, 0.1) is 11.0 Å². The van der Waals surface area contributed by atoms with Crippen molar-refractivity contribution in [2.24, 2.45) is 0 Å². The number of aliphatic hydroxyl groups excluding tert-OH is 1. The number of aromatic nitrogens is 2. The SMILES string of the molecule is Cc1nc2ccc(C(=O)NCCCO)cc2[nH]1. The Morgan fingerprint density at radius 2 is 2.35 bits per heavy atom. The molecule has 0 saturated heterocycles. The number of aliphatic hydroxyl groups is 1. The first-order chi connectivity index (χ1) is 8.20. The predicted molar refractivity (Wildman–Crippen MR) is 64.9 cm³/mol. The fraction of sp³-hybridized carbons (Fsp3) is 0.333. The van der Waals surface area contributed by atoms with Crippen LogP contribution in [0.1, 0.15) is 22.6 Å². The fourth-order valence-corrected chi connectivity index (χ4v) is 1.66. The van der Waals surface area contributed by atoms with Crippen LogP contribution < -0.4 is 5.32 Å². The van der Waals surface area contributed by atoms with Crippen molar-refractivity contribution in [3.8, 4) is 0 Å². The first-order valence-electron chi connectivity index (χ1n) is 5.56. The van der Waals surface area contributed by atoms with Gasteiger partial charge >= 0.3 is 0 Å². The molecule has 0 atom stereocenters. The Kier molecular flexibility index (Phi) is 3.39. The van der Waals surface area contributed by atoms with E-state index in [1.54, 1.807) is 12.1 Å². The third-order valence-corrected chi connectivity index (χ3v) is 2.48. The number of hydrogen-bond acceptors (Lipinski definition) is 3. The quantitative estimate of drug-likeness (QED) is 0.689. The molecule has 0 spiro atoms. The minimum Gasteiger partial charge on any atom is -0.396 e. The first-order valence-corrected chi connectivity index (χ1v) is 5.56. The molecule has 5 nitrogen and oxygen atoms in total. The number of amides is 1. The van der Waals surface area contributed by atoms with Crippen LogP contribution in [0.3, 0.4) is 0 Å². The van der Waals surface area contributed by atoms with Crippen LogP contribution in [0, 0.1) is 6.92 Å². The number of nitrogens with one attached hydrogen (secondary N) is 2. The summed E-state index contributed by atoms with van der Waals surface area (Å²) in [4.78, 5) is 19.1. The van der Waals surface area contributed by atoms with E-state index in [4.69, 9.17) is 5.11 Å². The Hall–Kier alpha value is -1.88. The number of nitrogens with zero attached hydrogens (tertiary/aromatic N) is 1. The van der Waals surface area contributed by atoms with Crippen LogP contribution in [-0.2, 0) is 0 Å². The van der Waals surface area contributed by atoms with Gasteiger partial charge < -0.3 is 15.4 Å². The lowest BCUT2D eigenvalue weighted by Crippen LogP contribution is -2.24. The lowest BCUT2D eigenvalue weighted by molar-refractivity contribution is 0.0951. The van der Waals surface area contributed by atoms with Gasteiger partial charge in [-0.3, -0.25) is 4.79 Å². The predicted octanol–water partition coefficient (Wildman–Crippen LogP) is 0.984. The van der Waals surface area contributed by atoms with Crippen molar-refractivity contribution in [2.45, 2.75) is 13.3 Å². The fourth-order valence-electron chi connectivity index (χ4n) is 1.66. The molecule has 0 fully saturated rings. The smallest absolute Gasteiger partial charge is 0.251 e. The van der Waals surface area contributed by atoms with E-state index in [1.807, 2.05) is 13.0 Å². The standard InChI is InChI=1S/C12H15N3O2/c1-8-14-10-4-3-9(7-11(10)15-8)12(17)13-5-2-6-16/h3-4,7,16H,2,5-6H2,1H3,(H,13,17)(H,14,15). The van der Waals surface area contributed by atoms with Crippen molar-refractivity contribution < 1.29 is 9.90 Å². The van der Waals surface area contributed by atoms with E-state index in [0.29, 0.717) is 18.5 Å². The molecule has 5 heteroatoms. The lowest BCUT2D eigenvalue weighted by atomic mass is 10.2. The molecule has 0 unspecified atom stereocenters. The number of imidazole rings is 1. The number of aromatic amines is 1. The van der Waals surface area contributed by atoms with Crippen molar-refractivity contribution in [2.75, 3.05) is 13.2 Å².